The van der Waals surface area contributed by atoms with Gasteiger partial charge in [-0.2, -0.15) is 0 Å². The molecule has 1 unspecified atom stereocenters. The van der Waals surface area contributed by atoms with E-state index < -0.39 is 0 Å². The molecule has 1 aromatic carbocycles. The van der Waals surface area contributed by atoms with Gasteiger partial charge in [0.2, 0.25) is 11.8 Å². The van der Waals surface area contributed by atoms with Crippen molar-refractivity contribution >= 4 is 39.3 Å². The molecule has 2 rings (SSSR count). The van der Waals surface area contributed by atoms with Crippen molar-refractivity contribution in [1.29, 1.82) is 0 Å². The second-order valence-electron chi connectivity index (χ2n) is 4.16. The normalized spacial score (nSPS) is 20.4. The highest BCUT2D eigenvalue weighted by molar-refractivity contribution is 9.10. The number of amides is 2. The molecule has 0 spiro atoms. The van der Waals surface area contributed by atoms with Crippen LogP contribution < -0.4 is 5.32 Å². The minimum absolute atomic E-state index is 0.182. The Bertz CT molecular complexity index is 507. The number of imide groups is 1. The molecule has 2 amide bonds. The molecule has 1 N–H and O–H groups in total. The topological polar surface area (TPSA) is 49.4 Å². The first-order valence-electron chi connectivity index (χ1n) is 5.50. The van der Waals surface area contributed by atoms with Crippen molar-refractivity contribution in [3.63, 3.8) is 0 Å². The van der Waals surface area contributed by atoms with Crippen LogP contribution in [0.1, 0.15) is 12.5 Å². The number of halogens is 2. The molecule has 6 heteroatoms. The second-order valence-corrected chi connectivity index (χ2v) is 5.48. The average molecular weight is 332 g/mol. The summed E-state index contributed by atoms with van der Waals surface area (Å²) in [7, 11) is 0. The van der Waals surface area contributed by atoms with E-state index >= 15 is 0 Å². The average Bonchev–Trinajstić information content (AvgIpc) is 2.32. The van der Waals surface area contributed by atoms with E-state index in [0.29, 0.717) is 5.02 Å². The molecule has 1 atom stereocenters. The number of benzene rings is 1. The van der Waals surface area contributed by atoms with Crippen LogP contribution in [0.5, 0.6) is 0 Å². The van der Waals surface area contributed by atoms with Gasteiger partial charge in [-0.15, -0.1) is 0 Å². The zero-order valence-electron chi connectivity index (χ0n) is 9.74. The summed E-state index contributed by atoms with van der Waals surface area (Å²) in [5.74, 6) is -0.442. The Morgan fingerprint density at radius 3 is 2.89 bits per heavy atom. The zero-order valence-corrected chi connectivity index (χ0v) is 12.1. The summed E-state index contributed by atoms with van der Waals surface area (Å²) in [5, 5.41) is 3.38. The smallest absolute Gasteiger partial charge is 0.246 e. The Morgan fingerprint density at radius 1 is 1.50 bits per heavy atom. The van der Waals surface area contributed by atoms with Gasteiger partial charge >= 0.3 is 0 Å². The molecule has 1 aromatic rings. The summed E-state index contributed by atoms with van der Waals surface area (Å²) in [5.41, 5.74) is 0.760. The number of hydrogen-bond donors (Lipinski definition) is 1. The van der Waals surface area contributed by atoms with Crippen LogP contribution in [0.2, 0.25) is 5.02 Å². The van der Waals surface area contributed by atoms with Crippen molar-refractivity contribution in [2.24, 2.45) is 0 Å². The third kappa shape index (κ3) is 2.74. The van der Waals surface area contributed by atoms with Crippen molar-refractivity contribution in [2.45, 2.75) is 19.5 Å². The van der Waals surface area contributed by atoms with Gasteiger partial charge in [-0.1, -0.05) is 33.6 Å². The summed E-state index contributed by atoms with van der Waals surface area (Å²) < 4.78 is 0.864. The molecule has 1 aliphatic rings. The molecule has 1 aliphatic heterocycles. The van der Waals surface area contributed by atoms with Crippen LogP contribution in [-0.2, 0) is 16.1 Å². The largest absolute Gasteiger partial charge is 0.298 e. The molecular weight excluding hydrogens is 320 g/mol. The lowest BCUT2D eigenvalue weighted by Crippen LogP contribution is -2.56. The Kier molecular flexibility index (Phi) is 4.04. The number of rotatable bonds is 2. The van der Waals surface area contributed by atoms with E-state index in [1.807, 2.05) is 6.07 Å². The highest BCUT2D eigenvalue weighted by Crippen LogP contribution is 2.23. The molecule has 0 radical (unpaired) electrons. The van der Waals surface area contributed by atoms with Crippen LogP contribution >= 0.6 is 27.5 Å². The van der Waals surface area contributed by atoms with Crippen molar-refractivity contribution in [1.82, 2.24) is 10.2 Å². The molecule has 1 fully saturated rings. The fourth-order valence-corrected chi connectivity index (χ4v) is 2.50. The summed E-state index contributed by atoms with van der Waals surface area (Å²) >= 11 is 9.40. The van der Waals surface area contributed by atoms with E-state index in [2.05, 4.69) is 21.2 Å². The molecule has 0 saturated carbocycles. The first kappa shape index (κ1) is 13.5. The number of piperazine rings is 1. The van der Waals surface area contributed by atoms with Crippen LogP contribution in [-0.4, -0.2) is 29.3 Å². The second kappa shape index (κ2) is 5.38. The van der Waals surface area contributed by atoms with Gasteiger partial charge in [0.05, 0.1) is 19.1 Å². The first-order chi connectivity index (χ1) is 8.49. The van der Waals surface area contributed by atoms with E-state index in [1.54, 1.807) is 19.1 Å². The lowest BCUT2D eigenvalue weighted by atomic mass is 10.1. The Balaban J connectivity index is 2.21. The first-order valence-corrected chi connectivity index (χ1v) is 6.67. The quantitative estimate of drug-likeness (QED) is 0.843. The van der Waals surface area contributed by atoms with Gasteiger partial charge in [-0.3, -0.25) is 19.8 Å². The van der Waals surface area contributed by atoms with Crippen LogP contribution in [0, 0.1) is 0 Å². The number of nitrogens with one attached hydrogen (secondary N) is 1. The van der Waals surface area contributed by atoms with Crippen molar-refractivity contribution < 1.29 is 9.59 Å². The Morgan fingerprint density at radius 2 is 2.22 bits per heavy atom. The number of hydrogen-bond acceptors (Lipinski definition) is 3. The Labute approximate surface area is 118 Å². The SMILES string of the molecule is CC1NCC(=O)N(Cc2ccc(Br)cc2Cl)C1=O. The molecule has 4 nitrogen and oxygen atoms in total. The lowest BCUT2D eigenvalue weighted by molar-refractivity contribution is -0.149. The van der Waals surface area contributed by atoms with E-state index in [-0.39, 0.29) is 30.9 Å². The van der Waals surface area contributed by atoms with Crippen LogP contribution in [0.25, 0.3) is 0 Å². The molecular formula is C12H12BrClN2O2. The van der Waals surface area contributed by atoms with E-state index in [1.165, 1.54) is 4.90 Å². The highest BCUT2D eigenvalue weighted by atomic mass is 79.9. The fraction of sp³-hybridized carbons (Fsp3) is 0.333. The van der Waals surface area contributed by atoms with E-state index in [4.69, 9.17) is 11.6 Å². The summed E-state index contributed by atoms with van der Waals surface area (Å²) in [6.45, 7) is 2.14. The number of carbonyl (C=O) groups excluding carboxylic acids is 2. The summed E-state index contributed by atoms with van der Waals surface area (Å²) in [4.78, 5) is 24.9. The number of nitrogens with zero attached hydrogens (tertiary/aromatic N) is 1. The lowest BCUT2D eigenvalue weighted by Gasteiger charge is -2.30. The van der Waals surface area contributed by atoms with Crippen LogP contribution in [0.3, 0.4) is 0 Å². The predicted octanol–water partition coefficient (Wildman–Crippen LogP) is 1.95. The maximum atomic E-state index is 11.9. The fourth-order valence-electron chi connectivity index (χ4n) is 1.77. The van der Waals surface area contributed by atoms with Crippen LogP contribution in [0.4, 0.5) is 0 Å². The summed E-state index contributed by atoms with van der Waals surface area (Å²) in [6.07, 6.45) is 0. The minimum atomic E-state index is -0.336. The van der Waals surface area contributed by atoms with E-state index in [0.717, 1.165) is 10.0 Å². The molecule has 0 aromatic heterocycles. The highest BCUT2D eigenvalue weighted by Gasteiger charge is 2.31. The van der Waals surface area contributed by atoms with Gasteiger partial charge in [0.25, 0.3) is 0 Å². The summed E-state index contributed by atoms with van der Waals surface area (Å²) in [6, 6.07) is 5.05. The Hall–Kier alpha value is -0.910. The van der Waals surface area contributed by atoms with E-state index in [9.17, 15) is 9.59 Å². The molecule has 18 heavy (non-hydrogen) atoms. The van der Waals surface area contributed by atoms with Gasteiger partial charge in [0.1, 0.15) is 0 Å². The monoisotopic (exact) mass is 330 g/mol. The molecule has 0 aliphatic carbocycles. The molecule has 1 heterocycles. The van der Waals surface area contributed by atoms with Crippen molar-refractivity contribution in [3.8, 4) is 0 Å². The molecule has 96 valence electrons. The zero-order chi connectivity index (χ0) is 13.3. The van der Waals surface area contributed by atoms with Gasteiger partial charge in [0, 0.05) is 9.50 Å². The van der Waals surface area contributed by atoms with Gasteiger partial charge in [0.15, 0.2) is 0 Å². The minimum Gasteiger partial charge on any atom is -0.298 e. The van der Waals surface area contributed by atoms with Gasteiger partial charge < -0.3 is 0 Å². The van der Waals surface area contributed by atoms with Crippen molar-refractivity contribution in [3.05, 3.63) is 33.3 Å². The maximum Gasteiger partial charge on any atom is 0.246 e. The third-order valence-corrected chi connectivity index (χ3v) is 3.69. The molecule has 1 saturated heterocycles. The number of carbonyl (C=O) groups is 2. The van der Waals surface area contributed by atoms with Crippen molar-refractivity contribution in [2.75, 3.05) is 6.54 Å². The van der Waals surface area contributed by atoms with Crippen LogP contribution in [0.15, 0.2) is 22.7 Å². The molecule has 0 bridgehead atoms. The standard InChI is InChI=1S/C12H12BrClN2O2/c1-7-12(18)16(11(17)5-15-7)6-8-2-3-9(13)4-10(8)14/h2-4,7,15H,5-6H2,1H3. The predicted molar refractivity (Wildman–Crippen MR) is 72.2 cm³/mol. The maximum absolute atomic E-state index is 11.9. The van der Waals surface area contributed by atoms with Gasteiger partial charge in [-0.05, 0) is 24.6 Å². The van der Waals surface area contributed by atoms with Gasteiger partial charge in [-0.25, -0.2) is 0 Å². The third-order valence-electron chi connectivity index (χ3n) is 2.84.